The van der Waals surface area contributed by atoms with E-state index in [0.717, 1.165) is 23.5 Å². The van der Waals surface area contributed by atoms with Gasteiger partial charge in [-0.25, -0.2) is 4.98 Å². The smallest absolute Gasteiger partial charge is 0.220 e. The van der Waals surface area contributed by atoms with Crippen LogP contribution in [0, 0.1) is 13.8 Å². The van der Waals surface area contributed by atoms with Gasteiger partial charge in [0.05, 0.1) is 10.7 Å². The Morgan fingerprint density at radius 2 is 2.21 bits per heavy atom. The summed E-state index contributed by atoms with van der Waals surface area (Å²) in [4.78, 5) is 18.7. The van der Waals surface area contributed by atoms with E-state index in [9.17, 15) is 4.79 Å². The van der Waals surface area contributed by atoms with Gasteiger partial charge >= 0.3 is 0 Å². The lowest BCUT2D eigenvalue weighted by atomic mass is 10.2. The minimum absolute atomic E-state index is 0.124. The SMILES string of the molecule is Cc1nc(CCNC(=O)CCc2cccs2)sc1C. The second-order valence-electron chi connectivity index (χ2n) is 4.43. The molecule has 1 amide bonds. The van der Waals surface area contributed by atoms with E-state index < -0.39 is 0 Å². The first-order valence-corrected chi connectivity index (χ1v) is 8.07. The van der Waals surface area contributed by atoms with Crippen LogP contribution < -0.4 is 5.32 Å². The van der Waals surface area contributed by atoms with E-state index in [1.807, 2.05) is 18.4 Å². The lowest BCUT2D eigenvalue weighted by molar-refractivity contribution is -0.121. The normalized spacial score (nSPS) is 10.6. The first-order valence-electron chi connectivity index (χ1n) is 6.37. The van der Waals surface area contributed by atoms with Gasteiger partial charge in [-0.1, -0.05) is 6.07 Å². The van der Waals surface area contributed by atoms with Crippen LogP contribution in [0.4, 0.5) is 0 Å². The molecule has 5 heteroatoms. The molecular formula is C14H18N2OS2. The molecule has 2 aromatic heterocycles. The molecule has 0 spiro atoms. The van der Waals surface area contributed by atoms with Gasteiger partial charge in [0.15, 0.2) is 0 Å². The molecule has 0 unspecified atom stereocenters. The van der Waals surface area contributed by atoms with Gasteiger partial charge in [0.25, 0.3) is 0 Å². The van der Waals surface area contributed by atoms with Crippen molar-refractivity contribution in [3.8, 4) is 0 Å². The van der Waals surface area contributed by atoms with Crippen LogP contribution in [0.5, 0.6) is 0 Å². The standard InChI is InChI=1S/C14H18N2OS2/c1-10-11(2)19-14(16-10)7-8-15-13(17)6-5-12-4-3-9-18-12/h3-4,9H,5-8H2,1-2H3,(H,15,17). The summed E-state index contributed by atoms with van der Waals surface area (Å²) in [5, 5.41) is 6.10. The number of carbonyl (C=O) groups excluding carboxylic acids is 1. The highest BCUT2D eigenvalue weighted by Gasteiger charge is 2.05. The van der Waals surface area contributed by atoms with Crippen LogP contribution in [-0.2, 0) is 17.6 Å². The third kappa shape index (κ3) is 4.44. The van der Waals surface area contributed by atoms with Gasteiger partial charge in [-0.2, -0.15) is 0 Å². The fourth-order valence-electron chi connectivity index (χ4n) is 1.73. The summed E-state index contributed by atoms with van der Waals surface area (Å²) in [6.07, 6.45) is 2.22. The van der Waals surface area contributed by atoms with Crippen LogP contribution in [0.15, 0.2) is 17.5 Å². The Hall–Kier alpha value is -1.20. The van der Waals surface area contributed by atoms with E-state index >= 15 is 0 Å². The summed E-state index contributed by atoms with van der Waals surface area (Å²) in [5.74, 6) is 0.124. The van der Waals surface area contributed by atoms with Crippen LogP contribution in [-0.4, -0.2) is 17.4 Å². The zero-order valence-electron chi connectivity index (χ0n) is 11.2. The zero-order chi connectivity index (χ0) is 13.7. The fraction of sp³-hybridized carbons (Fsp3) is 0.429. The lowest BCUT2D eigenvalue weighted by Crippen LogP contribution is -2.25. The minimum atomic E-state index is 0.124. The Morgan fingerprint density at radius 1 is 1.37 bits per heavy atom. The Morgan fingerprint density at radius 3 is 2.84 bits per heavy atom. The zero-order valence-corrected chi connectivity index (χ0v) is 12.9. The highest BCUT2D eigenvalue weighted by Crippen LogP contribution is 2.16. The van der Waals surface area contributed by atoms with E-state index in [0.29, 0.717) is 13.0 Å². The van der Waals surface area contributed by atoms with Crippen LogP contribution >= 0.6 is 22.7 Å². The summed E-state index contributed by atoms with van der Waals surface area (Å²) < 4.78 is 0. The second kappa shape index (κ2) is 6.82. The number of carbonyl (C=O) groups is 1. The van der Waals surface area contributed by atoms with Crippen molar-refractivity contribution in [2.75, 3.05) is 6.54 Å². The van der Waals surface area contributed by atoms with Crippen molar-refractivity contribution in [1.82, 2.24) is 10.3 Å². The summed E-state index contributed by atoms with van der Waals surface area (Å²) >= 11 is 3.42. The maximum atomic E-state index is 11.7. The van der Waals surface area contributed by atoms with Crippen LogP contribution in [0.3, 0.4) is 0 Å². The van der Waals surface area contributed by atoms with Crippen molar-refractivity contribution in [2.24, 2.45) is 0 Å². The van der Waals surface area contributed by atoms with Gasteiger partial charge in [0, 0.05) is 29.1 Å². The van der Waals surface area contributed by atoms with Crippen molar-refractivity contribution in [3.05, 3.63) is 38.0 Å². The fourth-order valence-corrected chi connectivity index (χ4v) is 3.38. The van der Waals surface area contributed by atoms with Gasteiger partial charge < -0.3 is 5.32 Å². The van der Waals surface area contributed by atoms with Gasteiger partial charge in [-0.05, 0) is 31.7 Å². The minimum Gasteiger partial charge on any atom is -0.356 e. The number of nitrogens with one attached hydrogen (secondary N) is 1. The number of aryl methyl sites for hydroxylation is 3. The lowest BCUT2D eigenvalue weighted by Gasteiger charge is -2.02. The molecule has 0 bridgehead atoms. The van der Waals surface area contributed by atoms with Gasteiger partial charge in [0.2, 0.25) is 5.91 Å². The maximum Gasteiger partial charge on any atom is 0.220 e. The number of thiophene rings is 1. The number of amides is 1. The van der Waals surface area contributed by atoms with Gasteiger partial charge in [-0.3, -0.25) is 4.79 Å². The van der Waals surface area contributed by atoms with Crippen molar-refractivity contribution in [1.29, 1.82) is 0 Å². The first kappa shape index (κ1) is 14.2. The molecule has 2 rings (SSSR count). The summed E-state index contributed by atoms with van der Waals surface area (Å²) in [6.45, 7) is 4.78. The molecule has 102 valence electrons. The summed E-state index contributed by atoms with van der Waals surface area (Å²) in [6, 6.07) is 4.09. The van der Waals surface area contributed by atoms with Crippen LogP contribution in [0.2, 0.25) is 0 Å². The van der Waals surface area contributed by atoms with E-state index in [4.69, 9.17) is 0 Å². The van der Waals surface area contributed by atoms with Crippen molar-refractivity contribution >= 4 is 28.6 Å². The average molecular weight is 294 g/mol. The van der Waals surface area contributed by atoms with E-state index in [-0.39, 0.29) is 5.91 Å². The number of rotatable bonds is 6. The second-order valence-corrected chi connectivity index (χ2v) is 6.75. The molecular weight excluding hydrogens is 276 g/mol. The number of aromatic nitrogens is 1. The van der Waals surface area contributed by atoms with E-state index in [2.05, 4.69) is 23.3 Å². The molecule has 3 nitrogen and oxygen atoms in total. The molecule has 2 heterocycles. The first-order chi connectivity index (χ1) is 9.15. The van der Waals surface area contributed by atoms with Gasteiger partial charge in [0.1, 0.15) is 0 Å². The van der Waals surface area contributed by atoms with Crippen molar-refractivity contribution in [3.63, 3.8) is 0 Å². The summed E-state index contributed by atoms with van der Waals surface area (Å²) in [7, 11) is 0. The van der Waals surface area contributed by atoms with E-state index in [1.54, 1.807) is 22.7 Å². The monoisotopic (exact) mass is 294 g/mol. The summed E-state index contributed by atoms with van der Waals surface area (Å²) in [5.41, 5.74) is 1.10. The van der Waals surface area contributed by atoms with Crippen LogP contribution in [0.1, 0.15) is 26.9 Å². The topological polar surface area (TPSA) is 42.0 Å². The maximum absolute atomic E-state index is 11.7. The van der Waals surface area contributed by atoms with Crippen LogP contribution in [0.25, 0.3) is 0 Å². The van der Waals surface area contributed by atoms with Gasteiger partial charge in [-0.15, -0.1) is 22.7 Å². The molecule has 1 N–H and O–H groups in total. The molecule has 19 heavy (non-hydrogen) atoms. The number of thiazole rings is 1. The Kier molecular flexibility index (Phi) is 5.10. The Balaban J connectivity index is 1.66. The highest BCUT2D eigenvalue weighted by atomic mass is 32.1. The molecule has 0 fully saturated rings. The predicted molar refractivity (Wildman–Crippen MR) is 80.9 cm³/mol. The molecule has 0 aliphatic carbocycles. The highest BCUT2D eigenvalue weighted by molar-refractivity contribution is 7.11. The molecule has 2 aromatic rings. The quantitative estimate of drug-likeness (QED) is 0.889. The Bertz CT molecular complexity index is 512. The van der Waals surface area contributed by atoms with Crippen molar-refractivity contribution in [2.45, 2.75) is 33.1 Å². The third-order valence-electron chi connectivity index (χ3n) is 2.91. The molecule has 0 atom stereocenters. The largest absolute Gasteiger partial charge is 0.356 e. The Labute approximate surface area is 121 Å². The molecule has 0 aliphatic rings. The van der Waals surface area contributed by atoms with E-state index in [1.165, 1.54) is 9.75 Å². The molecule has 0 saturated heterocycles. The number of hydrogen-bond donors (Lipinski definition) is 1. The molecule has 0 radical (unpaired) electrons. The molecule has 0 aliphatic heterocycles. The predicted octanol–water partition coefficient (Wildman–Crippen LogP) is 3.11. The number of hydrogen-bond acceptors (Lipinski definition) is 4. The molecule has 0 aromatic carbocycles. The molecule has 0 saturated carbocycles. The average Bonchev–Trinajstić information content (AvgIpc) is 2.98. The number of nitrogens with zero attached hydrogens (tertiary/aromatic N) is 1. The third-order valence-corrected chi connectivity index (χ3v) is 4.98. The van der Waals surface area contributed by atoms with Crippen molar-refractivity contribution < 1.29 is 4.79 Å².